The maximum Gasteiger partial charge on any atom is 0.511 e. The lowest BCUT2D eigenvalue weighted by atomic mass is 10.2. The van der Waals surface area contributed by atoms with Gasteiger partial charge in [-0.15, -0.1) is 0 Å². The summed E-state index contributed by atoms with van der Waals surface area (Å²) in [6, 6.07) is 8.50. The Kier molecular flexibility index (Phi) is 4.63. The van der Waals surface area contributed by atoms with Gasteiger partial charge >= 0.3 is 18.9 Å². The van der Waals surface area contributed by atoms with Gasteiger partial charge in [-0.25, -0.2) is 13.6 Å². The second-order valence-electron chi connectivity index (χ2n) is 2.83. The van der Waals surface area contributed by atoms with Gasteiger partial charge < -0.3 is 9.47 Å². The van der Waals surface area contributed by atoms with E-state index < -0.39 is 18.9 Å². The van der Waals surface area contributed by atoms with Gasteiger partial charge in [0.15, 0.2) is 0 Å². The normalized spacial score (nSPS) is 12.2. The van der Waals surface area contributed by atoms with E-state index >= 15 is 0 Å². The molecular weight excluding hydrogens is 225 g/mol. The van der Waals surface area contributed by atoms with E-state index in [1.165, 1.54) is 0 Å². The van der Waals surface area contributed by atoms with E-state index in [2.05, 4.69) is 9.47 Å². The molecule has 1 aromatic carbocycles. The molecular formula is C10H9F3O3. The van der Waals surface area contributed by atoms with Crippen molar-refractivity contribution in [2.24, 2.45) is 0 Å². The number of hydrogen-bond donors (Lipinski definition) is 0. The molecule has 0 saturated carbocycles. The van der Waals surface area contributed by atoms with Crippen molar-refractivity contribution in [3.8, 4) is 0 Å². The van der Waals surface area contributed by atoms with Crippen LogP contribution in [0.5, 0.6) is 0 Å². The van der Waals surface area contributed by atoms with Gasteiger partial charge in [0.05, 0.1) is 0 Å². The molecule has 3 nitrogen and oxygen atoms in total. The number of carbonyl (C=O) groups is 1. The summed E-state index contributed by atoms with van der Waals surface area (Å²) in [6.07, 6.45) is -7.79. The summed E-state index contributed by atoms with van der Waals surface area (Å²) in [4.78, 5) is 10.7. The summed E-state index contributed by atoms with van der Waals surface area (Å²) in [6.45, 7) is -0.157. The van der Waals surface area contributed by atoms with Gasteiger partial charge in [-0.3, -0.25) is 0 Å². The lowest BCUT2D eigenvalue weighted by Crippen LogP contribution is -2.21. The highest BCUT2D eigenvalue weighted by atomic mass is 19.3. The quantitative estimate of drug-likeness (QED) is 0.751. The average molecular weight is 234 g/mol. The lowest BCUT2D eigenvalue weighted by molar-refractivity contribution is -0.110. The van der Waals surface area contributed by atoms with E-state index in [4.69, 9.17) is 0 Å². The van der Waals surface area contributed by atoms with Crippen LogP contribution < -0.4 is 0 Å². The summed E-state index contributed by atoms with van der Waals surface area (Å²) in [5.74, 6) is 0. The van der Waals surface area contributed by atoms with E-state index in [-0.39, 0.29) is 6.61 Å². The molecule has 0 aliphatic rings. The highest BCUT2D eigenvalue weighted by Gasteiger charge is 2.24. The largest absolute Gasteiger partial charge is 0.511 e. The molecule has 0 aromatic heterocycles. The number of ether oxygens (including phenoxy) is 2. The second kappa shape index (κ2) is 5.99. The molecule has 88 valence electrons. The average Bonchev–Trinajstić information content (AvgIpc) is 2.27. The van der Waals surface area contributed by atoms with Gasteiger partial charge in [-0.2, -0.15) is 4.39 Å². The molecule has 0 spiro atoms. The van der Waals surface area contributed by atoms with E-state index in [0.717, 1.165) is 0 Å². The minimum Gasteiger partial charge on any atom is -0.429 e. The number of benzene rings is 1. The van der Waals surface area contributed by atoms with Crippen molar-refractivity contribution >= 4 is 6.16 Å². The fourth-order valence-electron chi connectivity index (χ4n) is 0.894. The first kappa shape index (κ1) is 12.4. The summed E-state index contributed by atoms with van der Waals surface area (Å²) in [5, 5.41) is 0. The molecule has 0 radical (unpaired) electrons. The number of halogens is 3. The van der Waals surface area contributed by atoms with Gasteiger partial charge in [-0.05, 0) is 5.56 Å². The van der Waals surface area contributed by atoms with Crippen LogP contribution in [0.3, 0.4) is 0 Å². The third-order valence-corrected chi connectivity index (χ3v) is 1.61. The smallest absolute Gasteiger partial charge is 0.429 e. The number of hydrogen-bond acceptors (Lipinski definition) is 3. The maximum absolute atomic E-state index is 12.2. The summed E-state index contributed by atoms with van der Waals surface area (Å²) >= 11 is 0. The van der Waals surface area contributed by atoms with E-state index in [9.17, 15) is 18.0 Å². The fourth-order valence-corrected chi connectivity index (χ4v) is 0.894. The molecule has 1 rings (SSSR count). The van der Waals surface area contributed by atoms with Crippen LogP contribution in [-0.4, -0.2) is 18.9 Å². The zero-order valence-electron chi connectivity index (χ0n) is 8.11. The molecule has 0 amide bonds. The van der Waals surface area contributed by atoms with E-state index in [0.29, 0.717) is 5.56 Å². The van der Waals surface area contributed by atoms with Crippen molar-refractivity contribution in [3.63, 3.8) is 0 Å². The Labute approximate surface area is 89.8 Å². The monoisotopic (exact) mass is 234 g/mol. The molecule has 0 saturated heterocycles. The molecule has 1 unspecified atom stereocenters. The summed E-state index contributed by atoms with van der Waals surface area (Å²) in [7, 11) is 0. The Morgan fingerprint density at radius 3 is 2.38 bits per heavy atom. The first-order valence-corrected chi connectivity index (χ1v) is 4.39. The molecule has 1 aromatic rings. The Morgan fingerprint density at radius 2 is 1.81 bits per heavy atom. The van der Waals surface area contributed by atoms with Crippen molar-refractivity contribution in [3.05, 3.63) is 35.9 Å². The van der Waals surface area contributed by atoms with Crippen LogP contribution >= 0.6 is 0 Å². The standard InChI is InChI=1S/C10H9F3O3/c11-8(12)9(13)16-10(14)15-6-7-4-2-1-3-5-7/h1-5,8-9H,6H2. The topological polar surface area (TPSA) is 35.5 Å². The lowest BCUT2D eigenvalue weighted by Gasteiger charge is -2.09. The van der Waals surface area contributed by atoms with E-state index in [1.807, 2.05) is 0 Å². The summed E-state index contributed by atoms with van der Waals surface area (Å²) < 4.78 is 43.6. The van der Waals surface area contributed by atoms with Crippen LogP contribution in [0.15, 0.2) is 30.3 Å². The predicted octanol–water partition coefficient (Wildman–Crippen LogP) is 2.90. The Morgan fingerprint density at radius 1 is 1.19 bits per heavy atom. The minimum atomic E-state index is -3.37. The molecule has 1 atom stereocenters. The predicted molar refractivity (Wildman–Crippen MR) is 48.6 cm³/mol. The minimum absolute atomic E-state index is 0.157. The van der Waals surface area contributed by atoms with Crippen LogP contribution in [0.1, 0.15) is 5.56 Å². The molecule has 0 aliphatic heterocycles. The SMILES string of the molecule is O=C(OCc1ccccc1)OC(F)C(F)F. The second-order valence-corrected chi connectivity index (χ2v) is 2.83. The van der Waals surface area contributed by atoms with Crippen molar-refractivity contribution in [1.29, 1.82) is 0 Å². The molecule has 0 fully saturated rings. The Bertz CT molecular complexity index is 329. The van der Waals surface area contributed by atoms with Gasteiger partial charge in [0, 0.05) is 0 Å². The molecule has 16 heavy (non-hydrogen) atoms. The highest BCUT2D eigenvalue weighted by molar-refractivity contribution is 5.60. The van der Waals surface area contributed by atoms with Crippen molar-refractivity contribution in [2.75, 3.05) is 0 Å². The number of carbonyl (C=O) groups excluding carboxylic acids is 1. The van der Waals surface area contributed by atoms with Crippen molar-refractivity contribution in [1.82, 2.24) is 0 Å². The van der Waals surface area contributed by atoms with Gasteiger partial charge in [0.1, 0.15) is 6.61 Å². The first-order chi connectivity index (χ1) is 7.59. The number of rotatable bonds is 4. The van der Waals surface area contributed by atoms with Crippen molar-refractivity contribution < 1.29 is 27.4 Å². The molecule has 0 aliphatic carbocycles. The molecule has 0 N–H and O–H groups in total. The Balaban J connectivity index is 2.31. The van der Waals surface area contributed by atoms with Crippen LogP contribution in [0, 0.1) is 0 Å². The van der Waals surface area contributed by atoms with Crippen molar-refractivity contribution in [2.45, 2.75) is 19.4 Å². The van der Waals surface area contributed by atoms with Crippen LogP contribution in [0.25, 0.3) is 0 Å². The third kappa shape index (κ3) is 4.20. The van der Waals surface area contributed by atoms with Gasteiger partial charge in [0.2, 0.25) is 0 Å². The molecule has 0 heterocycles. The van der Waals surface area contributed by atoms with Gasteiger partial charge in [0.25, 0.3) is 0 Å². The maximum atomic E-state index is 12.2. The highest BCUT2D eigenvalue weighted by Crippen LogP contribution is 2.09. The van der Waals surface area contributed by atoms with Crippen LogP contribution in [0.4, 0.5) is 18.0 Å². The van der Waals surface area contributed by atoms with Crippen LogP contribution in [-0.2, 0) is 16.1 Å². The third-order valence-electron chi connectivity index (χ3n) is 1.61. The zero-order chi connectivity index (χ0) is 12.0. The van der Waals surface area contributed by atoms with Gasteiger partial charge in [-0.1, -0.05) is 30.3 Å². The molecule has 0 bridgehead atoms. The number of alkyl halides is 3. The molecule has 6 heteroatoms. The zero-order valence-corrected chi connectivity index (χ0v) is 8.11. The van der Waals surface area contributed by atoms with Crippen LogP contribution in [0.2, 0.25) is 0 Å². The Hall–Kier alpha value is -1.72. The summed E-state index contributed by atoms with van der Waals surface area (Å²) in [5.41, 5.74) is 0.645. The fraction of sp³-hybridized carbons (Fsp3) is 0.300. The van der Waals surface area contributed by atoms with E-state index in [1.54, 1.807) is 30.3 Å². The first-order valence-electron chi connectivity index (χ1n) is 4.39.